The Bertz CT molecular complexity index is 386. The van der Waals surface area contributed by atoms with E-state index in [9.17, 15) is 4.79 Å². The maximum atomic E-state index is 11.5. The first-order valence-electron chi connectivity index (χ1n) is 6.09. The summed E-state index contributed by atoms with van der Waals surface area (Å²) < 4.78 is 5.63. The molecule has 1 N–H and O–H groups in total. The first kappa shape index (κ1) is 13.6. The molecule has 0 aliphatic rings. The minimum absolute atomic E-state index is 0.0496. The van der Waals surface area contributed by atoms with Crippen LogP contribution in [0.1, 0.15) is 39.2 Å². The highest BCUT2D eigenvalue weighted by Gasteiger charge is 2.04. The molecule has 0 aromatic heterocycles. The van der Waals surface area contributed by atoms with Gasteiger partial charge in [-0.2, -0.15) is 0 Å². The van der Waals surface area contributed by atoms with Crippen LogP contribution in [-0.2, 0) is 4.79 Å². The van der Waals surface area contributed by atoms with Gasteiger partial charge in [0.15, 0.2) is 0 Å². The number of ether oxygens (including phenoxy) is 1. The van der Waals surface area contributed by atoms with Crippen molar-refractivity contribution in [2.24, 2.45) is 0 Å². The van der Waals surface area contributed by atoms with Gasteiger partial charge in [-0.05, 0) is 44.9 Å². The van der Waals surface area contributed by atoms with Crippen molar-refractivity contribution in [2.75, 3.05) is 5.32 Å². The van der Waals surface area contributed by atoms with Crippen LogP contribution in [-0.4, -0.2) is 12.0 Å². The summed E-state index contributed by atoms with van der Waals surface area (Å²) in [5.74, 6) is 0.848. The summed E-state index contributed by atoms with van der Waals surface area (Å²) in [5.41, 5.74) is 1.88. The summed E-state index contributed by atoms with van der Waals surface area (Å²) in [7, 11) is 0. The second kappa shape index (κ2) is 6.28. The fourth-order valence-corrected chi connectivity index (χ4v) is 1.61. The zero-order valence-electron chi connectivity index (χ0n) is 11.0. The molecular weight excluding hydrogens is 214 g/mol. The Hall–Kier alpha value is -1.51. The van der Waals surface area contributed by atoms with Crippen molar-refractivity contribution in [1.29, 1.82) is 0 Å². The number of nitrogens with one attached hydrogen (secondary N) is 1. The molecule has 0 saturated carbocycles. The maximum Gasteiger partial charge on any atom is 0.224 e. The molecule has 0 unspecified atom stereocenters. The van der Waals surface area contributed by atoms with Crippen LogP contribution in [0.3, 0.4) is 0 Å². The van der Waals surface area contributed by atoms with Crippen LogP contribution in [0.15, 0.2) is 18.2 Å². The van der Waals surface area contributed by atoms with Gasteiger partial charge in [-0.25, -0.2) is 0 Å². The molecule has 0 bridgehead atoms. The molecule has 17 heavy (non-hydrogen) atoms. The quantitative estimate of drug-likeness (QED) is 0.848. The Morgan fingerprint density at radius 3 is 2.65 bits per heavy atom. The van der Waals surface area contributed by atoms with E-state index in [1.165, 1.54) is 0 Å². The normalized spacial score (nSPS) is 10.4. The highest BCUT2D eigenvalue weighted by atomic mass is 16.5. The lowest BCUT2D eigenvalue weighted by molar-refractivity contribution is -0.116. The predicted octanol–water partition coefficient (Wildman–Crippen LogP) is 3.52. The van der Waals surface area contributed by atoms with Gasteiger partial charge in [0.05, 0.1) is 6.10 Å². The fourth-order valence-electron chi connectivity index (χ4n) is 1.61. The molecule has 1 rings (SSSR count). The molecule has 3 heteroatoms. The average Bonchev–Trinajstić information content (AvgIpc) is 2.14. The fraction of sp³-hybridized carbons (Fsp3) is 0.500. The number of hydrogen-bond acceptors (Lipinski definition) is 2. The zero-order valence-corrected chi connectivity index (χ0v) is 11.0. The monoisotopic (exact) mass is 235 g/mol. The number of carbonyl (C=O) groups excluding carboxylic acids is 1. The minimum atomic E-state index is 0.0496. The third-order valence-electron chi connectivity index (χ3n) is 2.18. The number of amides is 1. The van der Waals surface area contributed by atoms with Crippen molar-refractivity contribution in [3.8, 4) is 5.75 Å². The van der Waals surface area contributed by atoms with E-state index in [-0.39, 0.29) is 12.0 Å². The molecule has 0 fully saturated rings. The van der Waals surface area contributed by atoms with E-state index in [4.69, 9.17) is 4.74 Å². The molecule has 1 aromatic rings. The van der Waals surface area contributed by atoms with Crippen molar-refractivity contribution in [1.82, 2.24) is 0 Å². The van der Waals surface area contributed by atoms with Gasteiger partial charge in [0, 0.05) is 18.2 Å². The summed E-state index contributed by atoms with van der Waals surface area (Å²) in [6.07, 6.45) is 1.54. The van der Waals surface area contributed by atoms with Gasteiger partial charge in [-0.1, -0.05) is 6.92 Å². The third kappa shape index (κ3) is 4.89. The van der Waals surface area contributed by atoms with Crippen LogP contribution in [0.5, 0.6) is 5.75 Å². The second-order valence-electron chi connectivity index (χ2n) is 4.50. The Kier molecular flexibility index (Phi) is 5.01. The Morgan fingerprint density at radius 2 is 2.06 bits per heavy atom. The van der Waals surface area contributed by atoms with Crippen LogP contribution in [0.2, 0.25) is 0 Å². The first-order chi connectivity index (χ1) is 8.01. The third-order valence-corrected chi connectivity index (χ3v) is 2.18. The summed E-state index contributed by atoms with van der Waals surface area (Å²) >= 11 is 0. The average molecular weight is 235 g/mol. The van der Waals surface area contributed by atoms with Crippen LogP contribution in [0.4, 0.5) is 5.69 Å². The molecule has 1 aromatic carbocycles. The van der Waals surface area contributed by atoms with Crippen molar-refractivity contribution < 1.29 is 9.53 Å². The van der Waals surface area contributed by atoms with Gasteiger partial charge in [-0.3, -0.25) is 4.79 Å². The van der Waals surface area contributed by atoms with Gasteiger partial charge < -0.3 is 10.1 Å². The smallest absolute Gasteiger partial charge is 0.224 e. The van der Waals surface area contributed by atoms with E-state index in [2.05, 4.69) is 5.32 Å². The minimum Gasteiger partial charge on any atom is -0.491 e. The molecule has 0 spiro atoms. The molecule has 0 heterocycles. The summed E-state index contributed by atoms with van der Waals surface area (Å²) in [6.45, 7) is 7.95. The summed E-state index contributed by atoms with van der Waals surface area (Å²) in [6, 6.07) is 5.77. The number of anilines is 1. The number of aryl methyl sites for hydroxylation is 1. The first-order valence-corrected chi connectivity index (χ1v) is 6.09. The van der Waals surface area contributed by atoms with E-state index in [0.29, 0.717) is 6.42 Å². The standard InChI is InChI=1S/C14H21NO2/c1-5-6-14(16)15-12-7-11(4)8-13(9-12)17-10(2)3/h7-10H,5-6H2,1-4H3,(H,15,16). The highest BCUT2D eigenvalue weighted by Crippen LogP contribution is 2.21. The van der Waals surface area contributed by atoms with Crippen molar-refractivity contribution >= 4 is 11.6 Å². The van der Waals surface area contributed by atoms with E-state index < -0.39 is 0 Å². The zero-order chi connectivity index (χ0) is 12.8. The molecule has 0 radical (unpaired) electrons. The number of benzene rings is 1. The Morgan fingerprint density at radius 1 is 1.35 bits per heavy atom. The van der Waals surface area contributed by atoms with Gasteiger partial charge in [0.1, 0.15) is 5.75 Å². The van der Waals surface area contributed by atoms with E-state index in [1.54, 1.807) is 0 Å². The Balaban J connectivity index is 2.78. The number of carbonyl (C=O) groups is 1. The van der Waals surface area contributed by atoms with Gasteiger partial charge in [-0.15, -0.1) is 0 Å². The largest absolute Gasteiger partial charge is 0.491 e. The van der Waals surface area contributed by atoms with E-state index in [0.717, 1.165) is 23.4 Å². The second-order valence-corrected chi connectivity index (χ2v) is 4.50. The number of hydrogen-bond donors (Lipinski definition) is 1. The van der Waals surface area contributed by atoms with Crippen molar-refractivity contribution in [3.63, 3.8) is 0 Å². The number of rotatable bonds is 5. The molecular formula is C14H21NO2. The molecule has 0 aliphatic heterocycles. The topological polar surface area (TPSA) is 38.3 Å². The van der Waals surface area contributed by atoms with Gasteiger partial charge >= 0.3 is 0 Å². The maximum absolute atomic E-state index is 11.5. The molecule has 94 valence electrons. The lowest BCUT2D eigenvalue weighted by Gasteiger charge is -2.12. The van der Waals surface area contributed by atoms with E-state index >= 15 is 0 Å². The summed E-state index contributed by atoms with van der Waals surface area (Å²) in [5, 5.41) is 2.88. The molecule has 0 aliphatic carbocycles. The summed E-state index contributed by atoms with van der Waals surface area (Å²) in [4.78, 5) is 11.5. The van der Waals surface area contributed by atoms with Gasteiger partial charge in [0.2, 0.25) is 5.91 Å². The van der Waals surface area contributed by atoms with Crippen molar-refractivity contribution in [2.45, 2.75) is 46.6 Å². The molecule has 0 atom stereocenters. The van der Waals surface area contributed by atoms with Crippen LogP contribution < -0.4 is 10.1 Å². The predicted molar refractivity (Wildman–Crippen MR) is 70.5 cm³/mol. The lowest BCUT2D eigenvalue weighted by Crippen LogP contribution is -2.11. The van der Waals surface area contributed by atoms with Crippen LogP contribution in [0.25, 0.3) is 0 Å². The van der Waals surface area contributed by atoms with Crippen LogP contribution >= 0.6 is 0 Å². The molecule has 0 saturated heterocycles. The van der Waals surface area contributed by atoms with E-state index in [1.807, 2.05) is 45.9 Å². The molecule has 1 amide bonds. The highest BCUT2D eigenvalue weighted by molar-refractivity contribution is 5.90. The van der Waals surface area contributed by atoms with Crippen molar-refractivity contribution in [3.05, 3.63) is 23.8 Å². The lowest BCUT2D eigenvalue weighted by atomic mass is 10.2. The van der Waals surface area contributed by atoms with Gasteiger partial charge in [0.25, 0.3) is 0 Å². The molecule has 3 nitrogen and oxygen atoms in total. The Labute approximate surface area is 103 Å². The SMILES string of the molecule is CCCC(=O)Nc1cc(C)cc(OC(C)C)c1. The van der Waals surface area contributed by atoms with Crippen LogP contribution in [0, 0.1) is 6.92 Å².